The maximum Gasteiger partial charge on any atom is 0.254 e. The van der Waals surface area contributed by atoms with Gasteiger partial charge in [0.15, 0.2) is 0 Å². The van der Waals surface area contributed by atoms with Gasteiger partial charge in [-0.1, -0.05) is 0 Å². The molecule has 0 aromatic heterocycles. The van der Waals surface area contributed by atoms with Crippen LogP contribution in [0.2, 0.25) is 0 Å². The Morgan fingerprint density at radius 3 is 2.76 bits per heavy atom. The van der Waals surface area contributed by atoms with Gasteiger partial charge in [-0.05, 0) is 37.1 Å². The number of hydrogen-bond acceptors (Lipinski definition) is 3. The molecule has 21 heavy (non-hydrogen) atoms. The number of carbonyl (C=O) groups is 1. The molecule has 3 rings (SSSR count). The Bertz CT molecular complexity index is 529. The SMILES string of the molecule is Cc1cc(F)ccc1C(=O)N1CCC(N2CCOCC2)C1. The minimum absolute atomic E-state index is 0.0169. The summed E-state index contributed by atoms with van der Waals surface area (Å²) in [5.74, 6) is -0.278. The smallest absolute Gasteiger partial charge is 0.254 e. The monoisotopic (exact) mass is 292 g/mol. The number of carbonyl (C=O) groups excluding carboxylic acids is 1. The number of benzene rings is 1. The minimum atomic E-state index is -0.295. The van der Waals surface area contributed by atoms with E-state index in [2.05, 4.69) is 4.90 Å². The molecule has 2 heterocycles. The van der Waals surface area contributed by atoms with Crippen LogP contribution in [-0.4, -0.2) is 61.1 Å². The van der Waals surface area contributed by atoms with Crippen LogP contribution in [0.4, 0.5) is 4.39 Å². The summed E-state index contributed by atoms with van der Waals surface area (Å²) in [4.78, 5) is 16.9. The van der Waals surface area contributed by atoms with E-state index >= 15 is 0 Å². The zero-order chi connectivity index (χ0) is 14.8. The number of rotatable bonds is 2. The maximum absolute atomic E-state index is 13.1. The number of hydrogen-bond donors (Lipinski definition) is 0. The van der Waals surface area contributed by atoms with Crippen LogP contribution in [-0.2, 0) is 4.74 Å². The van der Waals surface area contributed by atoms with Gasteiger partial charge < -0.3 is 9.64 Å². The standard InChI is InChI=1S/C16H21FN2O2/c1-12-10-13(17)2-3-15(12)16(20)19-5-4-14(11-19)18-6-8-21-9-7-18/h2-3,10,14H,4-9,11H2,1H3. The van der Waals surface area contributed by atoms with E-state index in [1.807, 2.05) is 4.90 Å². The lowest BCUT2D eigenvalue weighted by Crippen LogP contribution is -2.45. The van der Waals surface area contributed by atoms with Gasteiger partial charge in [0.25, 0.3) is 5.91 Å². The number of aryl methyl sites for hydroxylation is 1. The highest BCUT2D eigenvalue weighted by atomic mass is 19.1. The number of halogens is 1. The highest BCUT2D eigenvalue weighted by molar-refractivity contribution is 5.95. The molecule has 0 spiro atoms. The summed E-state index contributed by atoms with van der Waals surface area (Å²) in [6.07, 6.45) is 1.01. The molecule has 1 aromatic carbocycles. The van der Waals surface area contributed by atoms with Crippen LogP contribution >= 0.6 is 0 Å². The van der Waals surface area contributed by atoms with Crippen molar-refractivity contribution in [3.8, 4) is 0 Å². The van der Waals surface area contributed by atoms with Crippen molar-refractivity contribution in [1.29, 1.82) is 0 Å². The predicted octanol–water partition coefficient (Wildman–Crippen LogP) is 1.68. The fourth-order valence-corrected chi connectivity index (χ4v) is 3.20. The Balaban J connectivity index is 1.66. The molecule has 4 nitrogen and oxygen atoms in total. The second kappa shape index (κ2) is 6.12. The second-order valence-electron chi connectivity index (χ2n) is 5.80. The number of nitrogens with zero attached hydrogens (tertiary/aromatic N) is 2. The van der Waals surface area contributed by atoms with Gasteiger partial charge in [0.2, 0.25) is 0 Å². The van der Waals surface area contributed by atoms with Gasteiger partial charge in [0.1, 0.15) is 5.82 Å². The van der Waals surface area contributed by atoms with Gasteiger partial charge in [-0.2, -0.15) is 0 Å². The molecule has 2 saturated heterocycles. The Morgan fingerprint density at radius 1 is 1.29 bits per heavy atom. The molecular formula is C16H21FN2O2. The van der Waals surface area contributed by atoms with Gasteiger partial charge >= 0.3 is 0 Å². The topological polar surface area (TPSA) is 32.8 Å². The molecule has 114 valence electrons. The number of morpholine rings is 1. The Hall–Kier alpha value is -1.46. The molecule has 2 aliphatic rings. The molecule has 2 aliphatic heterocycles. The Morgan fingerprint density at radius 2 is 2.05 bits per heavy atom. The van der Waals surface area contributed by atoms with Crippen molar-refractivity contribution in [3.63, 3.8) is 0 Å². The molecule has 0 bridgehead atoms. The fourth-order valence-electron chi connectivity index (χ4n) is 3.20. The molecule has 2 fully saturated rings. The van der Waals surface area contributed by atoms with Crippen molar-refractivity contribution in [2.45, 2.75) is 19.4 Å². The summed E-state index contributed by atoms with van der Waals surface area (Å²) in [5, 5.41) is 0. The van der Waals surface area contributed by atoms with E-state index in [4.69, 9.17) is 4.74 Å². The van der Waals surface area contributed by atoms with Crippen LogP contribution in [0, 0.1) is 12.7 Å². The molecular weight excluding hydrogens is 271 g/mol. The predicted molar refractivity (Wildman–Crippen MR) is 77.8 cm³/mol. The second-order valence-corrected chi connectivity index (χ2v) is 5.80. The summed E-state index contributed by atoms with van der Waals surface area (Å²) < 4.78 is 18.5. The van der Waals surface area contributed by atoms with E-state index < -0.39 is 0 Å². The number of likely N-dealkylation sites (tertiary alicyclic amines) is 1. The fraction of sp³-hybridized carbons (Fsp3) is 0.562. The van der Waals surface area contributed by atoms with Gasteiger partial charge in [0, 0.05) is 37.8 Å². The first-order chi connectivity index (χ1) is 10.1. The normalized spacial score (nSPS) is 23.5. The lowest BCUT2D eigenvalue weighted by atomic mass is 10.1. The zero-order valence-corrected chi connectivity index (χ0v) is 12.3. The molecule has 1 atom stereocenters. The highest BCUT2D eigenvalue weighted by Crippen LogP contribution is 2.20. The first-order valence-corrected chi connectivity index (χ1v) is 7.52. The van der Waals surface area contributed by atoms with Crippen LogP contribution in [0.1, 0.15) is 22.3 Å². The van der Waals surface area contributed by atoms with E-state index in [0.29, 0.717) is 17.2 Å². The Kier molecular flexibility index (Phi) is 4.22. The van der Waals surface area contributed by atoms with Crippen molar-refractivity contribution in [3.05, 3.63) is 35.1 Å². The summed E-state index contributed by atoms with van der Waals surface area (Å²) in [5.41, 5.74) is 1.31. The third kappa shape index (κ3) is 3.09. The molecule has 1 amide bonds. The van der Waals surface area contributed by atoms with Crippen LogP contribution in [0.5, 0.6) is 0 Å². The van der Waals surface area contributed by atoms with Crippen LogP contribution in [0.15, 0.2) is 18.2 Å². The first-order valence-electron chi connectivity index (χ1n) is 7.52. The quantitative estimate of drug-likeness (QED) is 0.831. The van der Waals surface area contributed by atoms with Crippen molar-refractivity contribution in [1.82, 2.24) is 9.80 Å². The Labute approximate surface area is 124 Å². The molecule has 0 aliphatic carbocycles. The molecule has 5 heteroatoms. The van der Waals surface area contributed by atoms with Gasteiger partial charge in [-0.3, -0.25) is 9.69 Å². The van der Waals surface area contributed by atoms with Gasteiger partial charge in [-0.15, -0.1) is 0 Å². The van der Waals surface area contributed by atoms with Gasteiger partial charge in [-0.25, -0.2) is 4.39 Å². The average Bonchev–Trinajstić information content (AvgIpc) is 2.97. The maximum atomic E-state index is 13.1. The molecule has 0 saturated carbocycles. The van der Waals surface area contributed by atoms with Crippen LogP contribution in [0.25, 0.3) is 0 Å². The summed E-state index contributed by atoms with van der Waals surface area (Å²) >= 11 is 0. The van der Waals surface area contributed by atoms with E-state index in [9.17, 15) is 9.18 Å². The third-order valence-electron chi connectivity index (χ3n) is 4.43. The van der Waals surface area contributed by atoms with Crippen molar-refractivity contribution in [2.24, 2.45) is 0 Å². The largest absolute Gasteiger partial charge is 0.379 e. The van der Waals surface area contributed by atoms with Gasteiger partial charge in [0.05, 0.1) is 13.2 Å². The first kappa shape index (κ1) is 14.5. The third-order valence-corrected chi connectivity index (χ3v) is 4.43. The molecule has 0 radical (unpaired) electrons. The number of amides is 1. The van der Waals surface area contributed by atoms with E-state index in [-0.39, 0.29) is 11.7 Å². The van der Waals surface area contributed by atoms with E-state index in [1.165, 1.54) is 12.1 Å². The van der Waals surface area contributed by atoms with Crippen LogP contribution < -0.4 is 0 Å². The zero-order valence-electron chi connectivity index (χ0n) is 12.3. The van der Waals surface area contributed by atoms with E-state index in [0.717, 1.165) is 45.8 Å². The lowest BCUT2D eigenvalue weighted by Gasteiger charge is -2.32. The van der Waals surface area contributed by atoms with Crippen molar-refractivity contribution >= 4 is 5.91 Å². The summed E-state index contributed by atoms with van der Waals surface area (Å²) in [7, 11) is 0. The number of ether oxygens (including phenoxy) is 1. The van der Waals surface area contributed by atoms with Crippen molar-refractivity contribution in [2.75, 3.05) is 39.4 Å². The van der Waals surface area contributed by atoms with Crippen molar-refractivity contribution < 1.29 is 13.9 Å². The van der Waals surface area contributed by atoms with Crippen LogP contribution in [0.3, 0.4) is 0 Å². The summed E-state index contributed by atoms with van der Waals surface area (Å²) in [6.45, 7) is 6.77. The molecule has 1 aromatic rings. The highest BCUT2D eigenvalue weighted by Gasteiger charge is 2.31. The molecule has 1 unspecified atom stereocenters. The lowest BCUT2D eigenvalue weighted by molar-refractivity contribution is 0.0185. The van der Waals surface area contributed by atoms with E-state index in [1.54, 1.807) is 13.0 Å². The minimum Gasteiger partial charge on any atom is -0.379 e. The average molecular weight is 292 g/mol. The molecule has 0 N–H and O–H groups in total. The summed E-state index contributed by atoms with van der Waals surface area (Å²) in [6, 6.07) is 4.80.